The van der Waals surface area contributed by atoms with Crippen LogP contribution in [0.5, 0.6) is 0 Å². The second kappa shape index (κ2) is 16.1. The van der Waals surface area contributed by atoms with Crippen molar-refractivity contribution in [2.24, 2.45) is 4.99 Å². The Morgan fingerprint density at radius 2 is 1.20 bits per heavy atom. The molecule has 222 valence electrons. The Hall–Kier alpha value is -0.410. The maximum Gasteiger partial charge on any atom is 0.105 e. The molecular weight excluding hydrogens is 794 g/mol. The third-order valence-electron chi connectivity index (χ3n) is 9.43. The van der Waals surface area contributed by atoms with Crippen molar-refractivity contribution < 1.29 is 0 Å². The number of benzene rings is 1. The molecule has 0 amide bonds. The van der Waals surface area contributed by atoms with Gasteiger partial charge in [0.2, 0.25) is 0 Å². The molecule has 2 nitrogen and oxygen atoms in total. The minimum atomic E-state index is 1.15. The molecule has 5 rings (SSSR count). The van der Waals surface area contributed by atoms with Gasteiger partial charge in [-0.25, -0.2) is 4.99 Å². The predicted molar refractivity (Wildman–Crippen MR) is 197 cm³/mol. The minimum Gasteiger partial charge on any atom is -0.349 e. The van der Waals surface area contributed by atoms with Crippen LogP contribution in [-0.4, -0.2) is 8.70 Å². The van der Waals surface area contributed by atoms with Crippen molar-refractivity contribution >= 4 is 70.4 Å². The van der Waals surface area contributed by atoms with Gasteiger partial charge >= 0.3 is 0 Å². The van der Waals surface area contributed by atoms with E-state index in [1.54, 1.807) is 22.3 Å². The maximum atomic E-state index is 5.48. The van der Waals surface area contributed by atoms with Crippen LogP contribution < -0.4 is 0 Å². The van der Waals surface area contributed by atoms with Crippen LogP contribution in [0.2, 0.25) is 0 Å². The standard InChI is InChI=1S/C36H47BrI2N2/c1-25-24-26(37)22-23-27(25)32(33-28-18-14-10-6-2-4-8-12-16-20-30(28)35(38)40-33)34-29-19-15-11-7-3-5-9-13-17-21-31(29)36(39)41-34/h22-24,40H,2-21H2,1H3/b34-32-. The monoisotopic (exact) mass is 840 g/mol. The number of aryl methyl sites for hydroxylation is 1. The largest absolute Gasteiger partial charge is 0.349 e. The topological polar surface area (TPSA) is 28.1 Å². The van der Waals surface area contributed by atoms with Gasteiger partial charge in [-0.1, -0.05) is 99.0 Å². The van der Waals surface area contributed by atoms with E-state index < -0.39 is 0 Å². The quantitative estimate of drug-likeness (QED) is 0.292. The molecule has 0 saturated heterocycles. The summed E-state index contributed by atoms with van der Waals surface area (Å²) in [6.45, 7) is 2.28. The zero-order valence-electron chi connectivity index (χ0n) is 25.0. The number of nitrogens with zero attached hydrogens (tertiary/aromatic N) is 1. The Balaban J connectivity index is 1.68. The van der Waals surface area contributed by atoms with Gasteiger partial charge in [0.05, 0.1) is 15.1 Å². The summed E-state index contributed by atoms with van der Waals surface area (Å²) in [4.78, 5) is 9.48. The van der Waals surface area contributed by atoms with Crippen LogP contribution in [0.4, 0.5) is 0 Å². The molecule has 0 fully saturated rings. The molecule has 2 aromatic rings. The molecule has 1 N–H and O–H groups in total. The van der Waals surface area contributed by atoms with Gasteiger partial charge in [0.25, 0.3) is 0 Å². The number of rotatable bonds is 2. The number of aromatic nitrogens is 1. The lowest BCUT2D eigenvalue weighted by Crippen LogP contribution is -2.03. The number of fused-ring (bicyclic) bond motifs is 1. The molecule has 1 aliphatic heterocycles. The number of nitrogens with one attached hydrogen (secondary N) is 1. The highest BCUT2D eigenvalue weighted by Gasteiger charge is 2.29. The first-order valence-corrected chi connectivity index (χ1v) is 19.4. The summed E-state index contributed by atoms with van der Waals surface area (Å²) in [5.74, 6) is 0. The summed E-state index contributed by atoms with van der Waals surface area (Å²) in [5.41, 5.74) is 12.9. The van der Waals surface area contributed by atoms with Crippen LogP contribution in [0.3, 0.4) is 0 Å². The highest BCUT2D eigenvalue weighted by atomic mass is 127. The summed E-state index contributed by atoms with van der Waals surface area (Å²) in [5, 5.41) is 0. The highest BCUT2D eigenvalue weighted by molar-refractivity contribution is 14.1. The summed E-state index contributed by atoms with van der Waals surface area (Å²) < 4.78 is 3.74. The highest BCUT2D eigenvalue weighted by Crippen LogP contribution is 2.44. The van der Waals surface area contributed by atoms with Crippen molar-refractivity contribution in [3.05, 3.63) is 71.2 Å². The lowest BCUT2D eigenvalue weighted by molar-refractivity contribution is 0.560. The number of H-pyrrole nitrogens is 1. The van der Waals surface area contributed by atoms with Gasteiger partial charge in [-0.15, -0.1) is 0 Å². The van der Waals surface area contributed by atoms with Gasteiger partial charge in [0.15, 0.2) is 0 Å². The number of hydrogen-bond acceptors (Lipinski definition) is 1. The molecule has 2 heterocycles. The van der Waals surface area contributed by atoms with E-state index in [1.165, 1.54) is 158 Å². The van der Waals surface area contributed by atoms with Gasteiger partial charge in [0.1, 0.15) is 3.72 Å². The number of allylic oxidation sites excluding steroid dienone is 2. The zero-order chi connectivity index (χ0) is 28.6. The Morgan fingerprint density at radius 3 is 1.78 bits per heavy atom. The molecule has 3 aliphatic rings. The van der Waals surface area contributed by atoms with E-state index in [9.17, 15) is 0 Å². The van der Waals surface area contributed by atoms with Gasteiger partial charge in [-0.05, 0) is 149 Å². The Bertz CT molecular complexity index is 1300. The molecule has 0 atom stereocenters. The molecule has 1 aromatic carbocycles. The summed E-state index contributed by atoms with van der Waals surface area (Å²) in [6.07, 6.45) is 26.4. The fraction of sp³-hybridized carbons (Fsp3) is 0.583. The van der Waals surface area contributed by atoms with Crippen LogP contribution in [-0.2, 0) is 12.8 Å². The summed E-state index contributed by atoms with van der Waals surface area (Å²) in [6, 6.07) is 6.85. The van der Waals surface area contributed by atoms with Crippen LogP contribution in [0, 0.1) is 10.6 Å². The SMILES string of the molecule is Cc1cc(Br)ccc1/C(=C1/N=C(I)C2=C1CCCCCCCCCC2)c1[nH]c(I)c2c1CCCCCCCCCC2. The maximum absolute atomic E-state index is 5.48. The van der Waals surface area contributed by atoms with Gasteiger partial charge in [-0.2, -0.15) is 0 Å². The Kier molecular flexibility index (Phi) is 12.5. The van der Waals surface area contributed by atoms with Crippen molar-refractivity contribution in [1.82, 2.24) is 4.98 Å². The average molecular weight is 841 g/mol. The third kappa shape index (κ3) is 8.20. The van der Waals surface area contributed by atoms with E-state index in [1.807, 2.05) is 0 Å². The van der Waals surface area contributed by atoms with Crippen LogP contribution in [0.1, 0.15) is 144 Å². The zero-order valence-corrected chi connectivity index (χ0v) is 30.9. The number of aromatic amines is 1. The van der Waals surface area contributed by atoms with Gasteiger partial charge in [0, 0.05) is 10.0 Å². The molecular formula is C36H47BrI2N2. The minimum absolute atomic E-state index is 1.15. The van der Waals surface area contributed by atoms with E-state index >= 15 is 0 Å². The smallest absolute Gasteiger partial charge is 0.105 e. The van der Waals surface area contributed by atoms with Crippen LogP contribution in [0.15, 0.2) is 44.5 Å². The normalized spacial score (nSPS) is 21.5. The van der Waals surface area contributed by atoms with Crippen molar-refractivity contribution in [1.29, 1.82) is 0 Å². The van der Waals surface area contributed by atoms with Crippen molar-refractivity contribution in [2.45, 2.75) is 135 Å². The van der Waals surface area contributed by atoms with Crippen LogP contribution in [0.25, 0.3) is 5.57 Å². The van der Waals surface area contributed by atoms with Crippen molar-refractivity contribution in [3.63, 3.8) is 0 Å². The van der Waals surface area contributed by atoms with Crippen molar-refractivity contribution in [2.75, 3.05) is 0 Å². The second-order valence-corrected chi connectivity index (χ2v) is 15.5. The average Bonchev–Trinajstić information content (AvgIpc) is 3.40. The Morgan fingerprint density at radius 1 is 0.683 bits per heavy atom. The first-order chi connectivity index (χ1) is 20.0. The molecule has 5 heteroatoms. The lowest BCUT2D eigenvalue weighted by Gasteiger charge is -2.18. The number of aliphatic imine (C=N–C) groups is 1. The fourth-order valence-electron chi connectivity index (χ4n) is 7.14. The molecule has 0 radical (unpaired) electrons. The molecule has 0 bridgehead atoms. The molecule has 0 saturated carbocycles. The van der Waals surface area contributed by atoms with E-state index in [4.69, 9.17) is 4.99 Å². The first kappa shape index (κ1) is 32.0. The molecule has 1 aromatic heterocycles. The van der Waals surface area contributed by atoms with Crippen molar-refractivity contribution in [3.8, 4) is 0 Å². The first-order valence-electron chi connectivity index (χ1n) is 16.4. The Labute approximate surface area is 284 Å². The van der Waals surface area contributed by atoms with Gasteiger partial charge in [-0.3, -0.25) is 0 Å². The lowest BCUT2D eigenvalue weighted by atomic mass is 9.87. The van der Waals surface area contributed by atoms with E-state index in [-0.39, 0.29) is 0 Å². The molecule has 2 aliphatic carbocycles. The molecule has 41 heavy (non-hydrogen) atoms. The summed E-state index contributed by atoms with van der Waals surface area (Å²) in [7, 11) is 0. The van der Waals surface area contributed by atoms with Gasteiger partial charge < -0.3 is 4.98 Å². The number of hydrogen-bond donors (Lipinski definition) is 1. The molecule has 0 spiro atoms. The van der Waals surface area contributed by atoms with Crippen LogP contribution >= 0.6 is 61.1 Å². The third-order valence-corrected chi connectivity index (χ3v) is 11.7. The van der Waals surface area contributed by atoms with E-state index in [2.05, 4.69) is 91.2 Å². The second-order valence-electron chi connectivity index (χ2n) is 12.5. The van der Waals surface area contributed by atoms with E-state index in [0.717, 1.165) is 10.9 Å². The summed E-state index contributed by atoms with van der Waals surface area (Å²) >= 11 is 8.90. The fourth-order valence-corrected chi connectivity index (χ4v) is 9.32. The predicted octanol–water partition coefficient (Wildman–Crippen LogP) is 12.7. The number of halogens is 3. The van der Waals surface area contributed by atoms with E-state index in [0.29, 0.717) is 0 Å². The molecule has 0 unspecified atom stereocenters.